The minimum absolute atomic E-state index is 0.487. The fourth-order valence-electron chi connectivity index (χ4n) is 2.02. The molecule has 0 aliphatic rings. The lowest BCUT2D eigenvalue weighted by molar-refractivity contribution is -0.0866. The van der Waals surface area contributed by atoms with Gasteiger partial charge in [0.1, 0.15) is 11.4 Å². The molecule has 2 N–H and O–H groups in total. The van der Waals surface area contributed by atoms with E-state index >= 15 is 0 Å². The third kappa shape index (κ3) is 2.99. The van der Waals surface area contributed by atoms with Gasteiger partial charge in [-0.1, -0.05) is 32.4 Å². The zero-order chi connectivity index (χ0) is 12.9. The summed E-state index contributed by atoms with van der Waals surface area (Å²) in [5.74, 6) is 0.747. The smallest absolute Gasteiger partial charge is 0.118 e. The maximum absolute atomic E-state index is 10.6. The van der Waals surface area contributed by atoms with E-state index in [0.717, 1.165) is 17.7 Å². The molecular weight excluding hydrogens is 216 g/mol. The zero-order valence-corrected chi connectivity index (χ0v) is 10.8. The second-order valence-corrected chi connectivity index (χ2v) is 4.31. The van der Waals surface area contributed by atoms with Crippen molar-refractivity contribution >= 4 is 0 Å². The highest BCUT2D eigenvalue weighted by molar-refractivity contribution is 5.31. The number of aliphatic hydroxyl groups excluding tert-OH is 1. The summed E-state index contributed by atoms with van der Waals surface area (Å²) >= 11 is 0. The maximum Gasteiger partial charge on any atom is 0.118 e. The van der Waals surface area contributed by atoms with E-state index in [4.69, 9.17) is 4.74 Å². The molecule has 0 heterocycles. The molecule has 17 heavy (non-hydrogen) atoms. The molecular formula is C14H22O3. The summed E-state index contributed by atoms with van der Waals surface area (Å²) in [6.07, 6.45) is 1.20. The zero-order valence-electron chi connectivity index (χ0n) is 10.8. The molecule has 3 heteroatoms. The van der Waals surface area contributed by atoms with Crippen LogP contribution in [0.5, 0.6) is 5.75 Å². The molecule has 0 spiro atoms. The lowest BCUT2D eigenvalue weighted by atomic mass is 9.84. The molecule has 0 bridgehead atoms. The molecule has 1 aromatic carbocycles. The van der Waals surface area contributed by atoms with Gasteiger partial charge in [0.25, 0.3) is 0 Å². The normalized spacial score (nSPS) is 16.3. The highest BCUT2D eigenvalue weighted by Crippen LogP contribution is 2.32. The first kappa shape index (κ1) is 14.0. The molecule has 2 unspecified atom stereocenters. The van der Waals surface area contributed by atoms with Crippen LogP contribution in [0.1, 0.15) is 38.7 Å². The van der Waals surface area contributed by atoms with Crippen LogP contribution in [-0.4, -0.2) is 23.4 Å². The Morgan fingerprint density at radius 2 is 1.82 bits per heavy atom. The van der Waals surface area contributed by atoms with E-state index in [2.05, 4.69) is 0 Å². The molecule has 0 saturated heterocycles. The Balaban J connectivity index is 2.98. The van der Waals surface area contributed by atoms with E-state index in [1.165, 1.54) is 0 Å². The molecule has 2 atom stereocenters. The number of hydrogen-bond donors (Lipinski definition) is 2. The number of rotatable bonds is 6. The molecule has 0 amide bonds. The SMILES string of the molecule is CCCC(O)C(O)(CC)c1ccc(OC)cc1. The molecule has 0 saturated carbocycles. The van der Waals surface area contributed by atoms with Gasteiger partial charge >= 0.3 is 0 Å². The molecule has 1 rings (SSSR count). The van der Waals surface area contributed by atoms with Crippen molar-refractivity contribution in [1.29, 1.82) is 0 Å². The first-order valence-electron chi connectivity index (χ1n) is 6.13. The Morgan fingerprint density at radius 1 is 1.24 bits per heavy atom. The standard InChI is InChI=1S/C14H22O3/c1-4-6-13(15)14(16,5-2)11-7-9-12(17-3)10-8-11/h7-10,13,15-16H,4-6H2,1-3H3. The van der Waals surface area contributed by atoms with E-state index in [9.17, 15) is 10.2 Å². The minimum atomic E-state index is -1.16. The van der Waals surface area contributed by atoms with Crippen molar-refractivity contribution in [2.75, 3.05) is 7.11 Å². The van der Waals surface area contributed by atoms with Gasteiger partial charge in [0.05, 0.1) is 13.2 Å². The summed E-state index contributed by atoms with van der Waals surface area (Å²) in [7, 11) is 1.60. The van der Waals surface area contributed by atoms with Gasteiger partial charge in [0.15, 0.2) is 0 Å². The maximum atomic E-state index is 10.6. The lowest BCUT2D eigenvalue weighted by Crippen LogP contribution is -2.38. The van der Waals surface area contributed by atoms with Gasteiger partial charge in [-0.15, -0.1) is 0 Å². The Labute approximate surface area is 103 Å². The molecule has 0 aliphatic carbocycles. The monoisotopic (exact) mass is 238 g/mol. The third-order valence-corrected chi connectivity index (χ3v) is 3.24. The highest BCUT2D eigenvalue weighted by Gasteiger charge is 2.34. The fraction of sp³-hybridized carbons (Fsp3) is 0.571. The van der Waals surface area contributed by atoms with Crippen LogP contribution in [0.15, 0.2) is 24.3 Å². The summed E-state index contributed by atoms with van der Waals surface area (Å²) in [6, 6.07) is 7.21. The Hall–Kier alpha value is -1.06. The Bertz CT molecular complexity index is 334. The van der Waals surface area contributed by atoms with Crippen LogP contribution < -0.4 is 4.74 Å². The van der Waals surface area contributed by atoms with Crippen molar-refractivity contribution in [3.05, 3.63) is 29.8 Å². The Morgan fingerprint density at radius 3 is 2.24 bits per heavy atom. The number of ether oxygens (including phenoxy) is 1. The third-order valence-electron chi connectivity index (χ3n) is 3.24. The van der Waals surface area contributed by atoms with E-state index in [0.29, 0.717) is 12.8 Å². The molecule has 3 nitrogen and oxygen atoms in total. The largest absolute Gasteiger partial charge is 0.497 e. The number of aliphatic hydroxyl groups is 2. The summed E-state index contributed by atoms with van der Waals surface area (Å²) in [4.78, 5) is 0. The van der Waals surface area contributed by atoms with Gasteiger partial charge in [-0.05, 0) is 30.5 Å². The quantitative estimate of drug-likeness (QED) is 0.800. The molecule has 0 aliphatic heterocycles. The van der Waals surface area contributed by atoms with Crippen molar-refractivity contribution in [2.24, 2.45) is 0 Å². The van der Waals surface area contributed by atoms with Gasteiger partial charge in [-0.25, -0.2) is 0 Å². The first-order chi connectivity index (χ1) is 8.08. The predicted octanol–water partition coefficient (Wildman–Crippen LogP) is 2.45. The molecule has 1 aromatic rings. The van der Waals surface area contributed by atoms with E-state index in [1.807, 2.05) is 13.8 Å². The van der Waals surface area contributed by atoms with Crippen molar-refractivity contribution in [3.63, 3.8) is 0 Å². The summed E-state index contributed by atoms with van der Waals surface area (Å²) in [5.41, 5.74) is -0.427. The van der Waals surface area contributed by atoms with Gasteiger partial charge in [0, 0.05) is 0 Å². The molecule has 96 valence electrons. The van der Waals surface area contributed by atoms with Crippen LogP contribution in [0, 0.1) is 0 Å². The van der Waals surface area contributed by atoms with Gasteiger partial charge in [-0.2, -0.15) is 0 Å². The van der Waals surface area contributed by atoms with Gasteiger partial charge < -0.3 is 14.9 Å². The van der Waals surface area contributed by atoms with Crippen LogP contribution >= 0.6 is 0 Å². The summed E-state index contributed by atoms with van der Waals surface area (Å²) in [5, 5.41) is 20.6. The lowest BCUT2D eigenvalue weighted by Gasteiger charge is -2.32. The summed E-state index contributed by atoms with van der Waals surface area (Å²) < 4.78 is 5.08. The highest BCUT2D eigenvalue weighted by atomic mass is 16.5. The molecule has 0 fully saturated rings. The van der Waals surface area contributed by atoms with Crippen LogP contribution in [0.3, 0.4) is 0 Å². The number of benzene rings is 1. The summed E-state index contributed by atoms with van der Waals surface area (Å²) in [6.45, 7) is 3.87. The van der Waals surface area contributed by atoms with Crippen LogP contribution in [0.4, 0.5) is 0 Å². The van der Waals surface area contributed by atoms with Crippen molar-refractivity contribution < 1.29 is 14.9 Å². The van der Waals surface area contributed by atoms with Gasteiger partial charge in [-0.3, -0.25) is 0 Å². The van der Waals surface area contributed by atoms with Crippen molar-refractivity contribution in [2.45, 2.75) is 44.8 Å². The number of hydrogen-bond acceptors (Lipinski definition) is 3. The predicted molar refractivity (Wildman–Crippen MR) is 68.1 cm³/mol. The van der Waals surface area contributed by atoms with Gasteiger partial charge in [0.2, 0.25) is 0 Å². The second-order valence-electron chi connectivity index (χ2n) is 4.31. The topological polar surface area (TPSA) is 49.7 Å². The van der Waals surface area contributed by atoms with E-state index < -0.39 is 11.7 Å². The van der Waals surface area contributed by atoms with Crippen LogP contribution in [0.25, 0.3) is 0 Å². The Kier molecular flexibility index (Phi) is 4.97. The average Bonchev–Trinajstić information content (AvgIpc) is 2.38. The van der Waals surface area contributed by atoms with Crippen molar-refractivity contribution in [3.8, 4) is 5.75 Å². The fourth-order valence-corrected chi connectivity index (χ4v) is 2.02. The van der Waals surface area contributed by atoms with Crippen molar-refractivity contribution in [1.82, 2.24) is 0 Å². The van der Waals surface area contributed by atoms with E-state index in [-0.39, 0.29) is 0 Å². The van der Waals surface area contributed by atoms with Crippen LogP contribution in [0.2, 0.25) is 0 Å². The average molecular weight is 238 g/mol. The minimum Gasteiger partial charge on any atom is -0.497 e. The van der Waals surface area contributed by atoms with Crippen LogP contribution in [-0.2, 0) is 5.60 Å². The van der Waals surface area contributed by atoms with E-state index in [1.54, 1.807) is 31.4 Å². The molecule has 0 aromatic heterocycles. The number of methoxy groups -OCH3 is 1. The molecule has 0 radical (unpaired) electrons. The second kappa shape index (κ2) is 6.03. The first-order valence-corrected chi connectivity index (χ1v) is 6.13.